The van der Waals surface area contributed by atoms with Gasteiger partial charge in [-0.15, -0.1) is 0 Å². The van der Waals surface area contributed by atoms with Crippen molar-refractivity contribution in [2.45, 2.75) is 39.5 Å². The Morgan fingerprint density at radius 1 is 0.821 bits per heavy atom. The average Bonchev–Trinajstić information content (AvgIpc) is 3.07. The van der Waals surface area contributed by atoms with Crippen LogP contribution in [0.25, 0.3) is 28.0 Å². The third-order valence-corrected chi connectivity index (χ3v) is 5.02. The molecule has 2 aromatic carbocycles. The molecule has 0 saturated carbocycles. The summed E-state index contributed by atoms with van der Waals surface area (Å²) in [5.74, 6) is 0.897. The summed E-state index contributed by atoms with van der Waals surface area (Å²) in [4.78, 5) is 5.01. The van der Waals surface area contributed by atoms with Gasteiger partial charge in [-0.25, -0.2) is 9.50 Å². The van der Waals surface area contributed by atoms with Gasteiger partial charge in [0.15, 0.2) is 5.65 Å². The van der Waals surface area contributed by atoms with Crippen LogP contribution in [0.15, 0.2) is 60.7 Å². The van der Waals surface area contributed by atoms with Gasteiger partial charge in [-0.1, -0.05) is 58.0 Å². The first kappa shape index (κ1) is 18.2. The second kappa shape index (κ2) is 7.12. The number of aromatic hydroxyl groups is 1. The summed E-state index contributed by atoms with van der Waals surface area (Å²) >= 11 is 0. The van der Waals surface area contributed by atoms with E-state index in [1.165, 1.54) is 0 Å². The highest BCUT2D eigenvalue weighted by atomic mass is 16.3. The lowest BCUT2D eigenvalue weighted by molar-refractivity contribution is 0.475. The predicted molar refractivity (Wildman–Crippen MR) is 114 cm³/mol. The van der Waals surface area contributed by atoms with Crippen LogP contribution in [0, 0.1) is 0 Å². The van der Waals surface area contributed by atoms with Crippen molar-refractivity contribution in [2.75, 3.05) is 0 Å². The summed E-state index contributed by atoms with van der Waals surface area (Å²) in [5.41, 5.74) is 7.05. The summed E-state index contributed by atoms with van der Waals surface area (Å²) in [7, 11) is 0. The SMILES string of the molecule is CC(C)c1cc(C(C)C)n2nc(-c3ccc(O)cc3)c(-c3ccccc3)c2n1. The van der Waals surface area contributed by atoms with Crippen molar-refractivity contribution >= 4 is 5.65 Å². The molecule has 2 heterocycles. The molecule has 0 saturated heterocycles. The van der Waals surface area contributed by atoms with E-state index in [9.17, 15) is 5.11 Å². The van der Waals surface area contributed by atoms with Gasteiger partial charge in [0, 0.05) is 17.0 Å². The number of hydrogen-bond acceptors (Lipinski definition) is 3. The minimum absolute atomic E-state index is 0.247. The summed E-state index contributed by atoms with van der Waals surface area (Å²) in [6.07, 6.45) is 0. The molecule has 1 N–H and O–H groups in total. The van der Waals surface area contributed by atoms with Crippen molar-refractivity contribution < 1.29 is 5.11 Å². The Hall–Kier alpha value is -3.14. The number of rotatable bonds is 4. The van der Waals surface area contributed by atoms with Crippen LogP contribution in [0.2, 0.25) is 0 Å². The number of benzene rings is 2. The molecular formula is C24H25N3O. The van der Waals surface area contributed by atoms with Crippen LogP contribution in [-0.4, -0.2) is 19.7 Å². The number of phenolic OH excluding ortho intramolecular Hbond substituents is 1. The molecule has 4 rings (SSSR count). The van der Waals surface area contributed by atoms with Crippen molar-refractivity contribution in [3.05, 3.63) is 72.1 Å². The van der Waals surface area contributed by atoms with Gasteiger partial charge in [0.1, 0.15) is 11.4 Å². The first-order valence-corrected chi connectivity index (χ1v) is 9.74. The quantitative estimate of drug-likeness (QED) is 0.477. The molecule has 0 atom stereocenters. The highest BCUT2D eigenvalue weighted by Gasteiger charge is 2.21. The lowest BCUT2D eigenvalue weighted by Gasteiger charge is -2.13. The molecule has 4 heteroatoms. The van der Waals surface area contributed by atoms with Gasteiger partial charge >= 0.3 is 0 Å². The minimum atomic E-state index is 0.247. The number of fused-ring (bicyclic) bond motifs is 1. The van der Waals surface area contributed by atoms with Gasteiger partial charge < -0.3 is 5.11 Å². The number of phenols is 1. The maximum absolute atomic E-state index is 9.71. The fraction of sp³-hybridized carbons (Fsp3) is 0.250. The topological polar surface area (TPSA) is 50.4 Å². The van der Waals surface area contributed by atoms with Crippen LogP contribution >= 0.6 is 0 Å². The van der Waals surface area contributed by atoms with Crippen LogP contribution in [-0.2, 0) is 0 Å². The summed E-state index contributed by atoms with van der Waals surface area (Å²) in [6.45, 7) is 8.71. The predicted octanol–water partition coefficient (Wildman–Crippen LogP) is 6.02. The van der Waals surface area contributed by atoms with Gasteiger partial charge in [0.25, 0.3) is 0 Å². The molecule has 0 aliphatic rings. The highest BCUT2D eigenvalue weighted by Crippen LogP contribution is 2.36. The Kier molecular flexibility index (Phi) is 4.63. The fourth-order valence-corrected chi connectivity index (χ4v) is 3.46. The van der Waals surface area contributed by atoms with Gasteiger partial charge in [0.2, 0.25) is 0 Å². The molecule has 28 heavy (non-hydrogen) atoms. The third-order valence-electron chi connectivity index (χ3n) is 5.02. The zero-order chi connectivity index (χ0) is 19.8. The third kappa shape index (κ3) is 3.15. The Labute approximate surface area is 165 Å². The molecule has 0 radical (unpaired) electrons. The Morgan fingerprint density at radius 3 is 2.11 bits per heavy atom. The Bertz CT molecular complexity index is 1110. The van der Waals surface area contributed by atoms with E-state index in [4.69, 9.17) is 10.1 Å². The molecule has 0 amide bonds. The number of hydrogen-bond donors (Lipinski definition) is 1. The van der Waals surface area contributed by atoms with Crippen molar-refractivity contribution in [3.8, 4) is 28.1 Å². The summed E-state index contributed by atoms with van der Waals surface area (Å²) in [5, 5.41) is 14.7. The summed E-state index contributed by atoms with van der Waals surface area (Å²) in [6, 6.07) is 19.7. The first-order chi connectivity index (χ1) is 13.5. The van der Waals surface area contributed by atoms with Gasteiger partial charge in [-0.05, 0) is 47.7 Å². The zero-order valence-electron chi connectivity index (χ0n) is 16.7. The van der Waals surface area contributed by atoms with E-state index in [0.717, 1.165) is 39.4 Å². The van der Waals surface area contributed by atoms with Crippen LogP contribution in [0.5, 0.6) is 5.75 Å². The first-order valence-electron chi connectivity index (χ1n) is 9.74. The van der Waals surface area contributed by atoms with Crippen LogP contribution in [0.4, 0.5) is 0 Å². The highest BCUT2D eigenvalue weighted by molar-refractivity contribution is 5.90. The zero-order valence-corrected chi connectivity index (χ0v) is 16.7. The van der Waals surface area contributed by atoms with Gasteiger partial charge in [-0.3, -0.25) is 0 Å². The van der Waals surface area contributed by atoms with E-state index in [1.807, 2.05) is 34.8 Å². The lowest BCUT2D eigenvalue weighted by Crippen LogP contribution is -2.06. The standard InChI is InChI=1S/C24H25N3O/c1-15(2)20-14-21(16(3)4)27-24(25-20)22(17-8-6-5-7-9-17)23(26-27)18-10-12-19(28)13-11-18/h5-16,28H,1-4H3. The van der Waals surface area contributed by atoms with E-state index in [-0.39, 0.29) is 5.75 Å². The maximum Gasteiger partial charge on any atom is 0.164 e. The molecule has 0 fully saturated rings. The second-order valence-electron chi connectivity index (χ2n) is 7.79. The molecule has 142 valence electrons. The van der Waals surface area contributed by atoms with Crippen LogP contribution in [0.3, 0.4) is 0 Å². The smallest absolute Gasteiger partial charge is 0.164 e. The molecule has 0 unspecified atom stereocenters. The molecule has 0 aliphatic carbocycles. The summed E-state index contributed by atoms with van der Waals surface area (Å²) < 4.78 is 1.99. The van der Waals surface area contributed by atoms with Crippen molar-refractivity contribution in [2.24, 2.45) is 0 Å². The number of aromatic nitrogens is 3. The molecule has 4 aromatic rings. The van der Waals surface area contributed by atoms with E-state index in [2.05, 4.69) is 45.9 Å². The molecule has 2 aromatic heterocycles. The molecule has 0 spiro atoms. The Balaban J connectivity index is 2.11. The van der Waals surface area contributed by atoms with E-state index in [1.54, 1.807) is 12.1 Å². The van der Waals surface area contributed by atoms with Crippen molar-refractivity contribution in [1.82, 2.24) is 14.6 Å². The lowest BCUT2D eigenvalue weighted by atomic mass is 10.0. The van der Waals surface area contributed by atoms with E-state index < -0.39 is 0 Å². The molecule has 0 bridgehead atoms. The van der Waals surface area contributed by atoms with Crippen molar-refractivity contribution in [3.63, 3.8) is 0 Å². The monoisotopic (exact) mass is 371 g/mol. The average molecular weight is 371 g/mol. The maximum atomic E-state index is 9.71. The largest absolute Gasteiger partial charge is 0.508 e. The number of nitrogens with zero attached hydrogens (tertiary/aromatic N) is 3. The van der Waals surface area contributed by atoms with Crippen molar-refractivity contribution in [1.29, 1.82) is 0 Å². The molecule has 0 aliphatic heterocycles. The van der Waals surface area contributed by atoms with Crippen LogP contribution in [0.1, 0.15) is 50.9 Å². The molecule has 4 nitrogen and oxygen atoms in total. The van der Waals surface area contributed by atoms with E-state index >= 15 is 0 Å². The Morgan fingerprint density at radius 2 is 1.50 bits per heavy atom. The fourth-order valence-electron chi connectivity index (χ4n) is 3.46. The normalized spacial score (nSPS) is 11.6. The molecular weight excluding hydrogens is 346 g/mol. The van der Waals surface area contributed by atoms with Gasteiger partial charge in [-0.2, -0.15) is 5.10 Å². The second-order valence-corrected chi connectivity index (χ2v) is 7.79. The van der Waals surface area contributed by atoms with Crippen LogP contribution < -0.4 is 0 Å². The van der Waals surface area contributed by atoms with Gasteiger partial charge in [0.05, 0.1) is 5.56 Å². The minimum Gasteiger partial charge on any atom is -0.508 e. The van der Waals surface area contributed by atoms with E-state index in [0.29, 0.717) is 11.8 Å².